The molecule has 2 saturated carbocycles. The molecule has 0 aliphatic heterocycles. The number of carboxylic acid groups (broad SMARTS) is 2. The first-order valence-electron chi connectivity index (χ1n) is 6.22. The van der Waals surface area contributed by atoms with Gasteiger partial charge in [-0.05, 0) is 25.7 Å². The zero-order valence-corrected chi connectivity index (χ0v) is 14.0. The third kappa shape index (κ3) is 4.81. The van der Waals surface area contributed by atoms with Gasteiger partial charge in [-0.3, -0.25) is 9.59 Å². The zero-order valence-electron chi connectivity index (χ0n) is 11.1. The number of carbonyl (C=O) groups is 4. The van der Waals surface area contributed by atoms with Gasteiger partial charge >= 0.3 is 33.0 Å². The monoisotopic (exact) mass is 468 g/mol. The van der Waals surface area contributed by atoms with Crippen molar-refractivity contribution in [1.29, 1.82) is 0 Å². The van der Waals surface area contributed by atoms with Gasteiger partial charge in [-0.1, -0.05) is 0 Å². The smallest absolute Gasteiger partial charge is 0.668 e. The number of nitrogens with one attached hydrogen (secondary N) is 2. The number of rotatable bonds is 4. The van der Waals surface area contributed by atoms with Crippen LogP contribution in [0.1, 0.15) is 25.7 Å². The van der Waals surface area contributed by atoms with Crippen molar-refractivity contribution in [3.63, 3.8) is 0 Å². The van der Waals surface area contributed by atoms with Gasteiger partial charge in [0.15, 0.2) is 0 Å². The van der Waals surface area contributed by atoms with Crippen LogP contribution in [0.25, 0.3) is 11.5 Å². The first kappa shape index (κ1) is 19.6. The Kier molecular flexibility index (Phi) is 7.57. The van der Waals surface area contributed by atoms with Crippen LogP contribution in [0.15, 0.2) is 0 Å². The van der Waals surface area contributed by atoms with E-state index >= 15 is 0 Å². The molecule has 0 heterocycles. The summed E-state index contributed by atoms with van der Waals surface area (Å²) < 4.78 is 0. The van der Waals surface area contributed by atoms with Crippen LogP contribution < -0.4 is 0 Å². The number of hydrogen-bond acceptors (Lipinski definition) is 4. The average molecular weight is 468 g/mol. The van der Waals surface area contributed by atoms with Gasteiger partial charge in [0.05, 0.1) is 23.7 Å². The molecule has 2 aliphatic rings. The number of hydrogen-bond donors (Lipinski definition) is 2. The van der Waals surface area contributed by atoms with E-state index in [-0.39, 0.29) is 21.1 Å². The van der Waals surface area contributed by atoms with Crippen molar-refractivity contribution in [2.45, 2.75) is 25.7 Å². The van der Waals surface area contributed by atoms with E-state index in [1.807, 2.05) is 0 Å². The van der Waals surface area contributed by atoms with Crippen LogP contribution in [-0.4, -0.2) is 34.0 Å². The Morgan fingerprint density at radius 1 is 0.667 bits per heavy atom. The Bertz CT molecular complexity index is 361. The van der Waals surface area contributed by atoms with E-state index in [0.29, 0.717) is 25.7 Å². The van der Waals surface area contributed by atoms with E-state index in [0.717, 1.165) is 0 Å². The van der Waals surface area contributed by atoms with Crippen molar-refractivity contribution in [1.82, 2.24) is 0 Å². The van der Waals surface area contributed by atoms with Crippen LogP contribution in [0.3, 0.4) is 0 Å². The minimum absolute atomic E-state index is 0. The number of aliphatic carboxylic acids is 2. The number of carboxylic acids is 2. The summed E-state index contributed by atoms with van der Waals surface area (Å²) in [5, 5.41) is 16.8. The maximum atomic E-state index is 10.3. The summed E-state index contributed by atoms with van der Waals surface area (Å²) in [5.74, 6) is -5.59. The predicted molar refractivity (Wildman–Crippen MR) is 66.4 cm³/mol. The molecule has 0 aromatic carbocycles. The van der Waals surface area contributed by atoms with E-state index in [4.69, 9.17) is 21.7 Å². The van der Waals surface area contributed by atoms with Crippen LogP contribution in [0.5, 0.6) is 0 Å². The van der Waals surface area contributed by atoms with Gasteiger partial charge < -0.3 is 31.3 Å². The van der Waals surface area contributed by atoms with Crippen molar-refractivity contribution in [2.75, 3.05) is 0 Å². The maximum Gasteiger partial charge on any atom is 2.00 e. The van der Waals surface area contributed by atoms with Crippen LogP contribution in [0.4, 0.5) is 0 Å². The molecule has 116 valence electrons. The number of amides is 2. The van der Waals surface area contributed by atoms with Gasteiger partial charge in [0.1, 0.15) is 0 Å². The Morgan fingerprint density at radius 3 is 0.952 bits per heavy atom. The van der Waals surface area contributed by atoms with Crippen molar-refractivity contribution in [2.24, 2.45) is 23.7 Å². The van der Waals surface area contributed by atoms with Gasteiger partial charge in [0.25, 0.3) is 0 Å². The van der Waals surface area contributed by atoms with Crippen molar-refractivity contribution >= 4 is 23.8 Å². The second-order valence-electron chi connectivity index (χ2n) is 4.99. The molecule has 2 rings (SSSR count). The van der Waals surface area contributed by atoms with Crippen LogP contribution in [-0.2, 0) is 40.2 Å². The molecule has 21 heavy (non-hydrogen) atoms. The third-order valence-electron chi connectivity index (χ3n) is 3.86. The second kappa shape index (κ2) is 8.12. The van der Waals surface area contributed by atoms with E-state index in [1.165, 1.54) is 0 Å². The average Bonchev–Trinajstić information content (AvgIpc) is 2.09. The molecular formula is C12H16N2O6W. The van der Waals surface area contributed by atoms with Crippen LogP contribution in [0, 0.1) is 23.7 Å². The standard InChI is InChI=1S/2C6H9NO3.W/c2*7-5(8)3-1-2-4(3)6(9)10;/h2*3-4H,1-2H2,(H3,7,8,9,10);/q;;+2/p-2. The molecule has 4 unspecified atom stereocenters. The SMILES string of the molecule is [NH-]C(=O)C1CCC1C(=O)O.[NH-]C(=O)C1CCC1C(=O)O.[W+2]. The molecule has 0 saturated heterocycles. The Hall–Kier alpha value is -1.43. The van der Waals surface area contributed by atoms with E-state index in [1.54, 1.807) is 0 Å². The topological polar surface area (TPSA) is 156 Å². The minimum atomic E-state index is -0.947. The molecule has 9 heteroatoms. The van der Waals surface area contributed by atoms with E-state index < -0.39 is 47.4 Å². The largest absolute Gasteiger partial charge is 2.00 e. The van der Waals surface area contributed by atoms with Crippen molar-refractivity contribution < 1.29 is 50.5 Å². The molecule has 4 N–H and O–H groups in total. The fourth-order valence-corrected chi connectivity index (χ4v) is 2.22. The Balaban J connectivity index is 0.000000364. The Labute approximate surface area is 135 Å². The molecule has 0 aromatic rings. The summed E-state index contributed by atoms with van der Waals surface area (Å²) in [6.07, 6.45) is 2.23. The molecule has 2 fully saturated rings. The Morgan fingerprint density at radius 2 is 0.905 bits per heavy atom. The molecule has 2 amide bonds. The molecule has 0 bridgehead atoms. The predicted octanol–water partition coefficient (Wildman–Crippen LogP) is 1.35. The van der Waals surface area contributed by atoms with E-state index in [9.17, 15) is 19.2 Å². The molecular weight excluding hydrogens is 452 g/mol. The first-order chi connectivity index (χ1) is 9.25. The number of carbonyl (C=O) groups excluding carboxylic acids is 2. The molecule has 0 radical (unpaired) electrons. The van der Waals surface area contributed by atoms with Crippen LogP contribution in [0.2, 0.25) is 0 Å². The summed E-state index contributed by atoms with van der Waals surface area (Å²) in [6, 6.07) is 0. The van der Waals surface area contributed by atoms with Crippen molar-refractivity contribution in [3.05, 3.63) is 11.5 Å². The second-order valence-corrected chi connectivity index (χ2v) is 4.99. The van der Waals surface area contributed by atoms with Gasteiger partial charge in [0.2, 0.25) is 0 Å². The molecule has 8 nitrogen and oxygen atoms in total. The maximum absolute atomic E-state index is 10.3. The summed E-state index contributed by atoms with van der Waals surface area (Å²) in [6.45, 7) is 0. The quantitative estimate of drug-likeness (QED) is 0.635. The molecule has 4 atom stereocenters. The summed E-state index contributed by atoms with van der Waals surface area (Å²) >= 11 is 0. The molecule has 0 aromatic heterocycles. The normalized spacial score (nSPS) is 29.3. The summed E-state index contributed by atoms with van der Waals surface area (Å²) in [7, 11) is 0. The fraction of sp³-hybridized carbons (Fsp3) is 0.667. The summed E-state index contributed by atoms with van der Waals surface area (Å²) in [5.41, 5.74) is 13.3. The first-order valence-corrected chi connectivity index (χ1v) is 6.22. The fourth-order valence-electron chi connectivity index (χ4n) is 2.22. The van der Waals surface area contributed by atoms with Gasteiger partial charge in [-0.15, -0.1) is 0 Å². The summed E-state index contributed by atoms with van der Waals surface area (Å²) in [4.78, 5) is 41.2. The minimum Gasteiger partial charge on any atom is -0.668 e. The molecule has 2 aliphatic carbocycles. The molecule has 0 spiro atoms. The van der Waals surface area contributed by atoms with Gasteiger partial charge in [0, 0.05) is 11.8 Å². The van der Waals surface area contributed by atoms with E-state index in [2.05, 4.69) is 0 Å². The van der Waals surface area contributed by atoms with Gasteiger partial charge in [-0.25, -0.2) is 0 Å². The third-order valence-corrected chi connectivity index (χ3v) is 3.86. The van der Waals surface area contributed by atoms with Crippen LogP contribution >= 0.6 is 0 Å². The zero-order chi connectivity index (χ0) is 15.4. The van der Waals surface area contributed by atoms with Crippen molar-refractivity contribution in [3.8, 4) is 0 Å². The van der Waals surface area contributed by atoms with Gasteiger partial charge in [-0.2, -0.15) is 0 Å².